The third-order valence-electron chi connectivity index (χ3n) is 11.5. The molecule has 12 heteroatoms. The predicted octanol–water partition coefficient (Wildman–Crippen LogP) is 7.70. The first-order valence-electron chi connectivity index (χ1n) is 18.4. The average Bonchev–Trinajstić information content (AvgIpc) is 3.62. The average molecular weight is 773 g/mol. The standard InChI is InChI=1S/C44H52O12/c1-27-10-15-36-43(2,31(27)14-13-30-19-21-54-42(30)47)20-18-37(56-39(46)17-12-29-24-34(50-6)41(53-9)35(25-29)51-7)44(36,3)26-55-38(45)16-11-28-22-32(48-4)40(52-8)33(23-28)49-5/h11-13,16-17,19,21-25,31,36-37H,1,10,14-15,18,20,26H2,2-9H3/b16-11+,17-12+,30-13+/t31-,36+,37-,43+,44+/m1/s1. The van der Waals surface area contributed by atoms with E-state index >= 15 is 0 Å². The zero-order valence-electron chi connectivity index (χ0n) is 33.4. The number of hydrogen-bond acceptors (Lipinski definition) is 12. The van der Waals surface area contributed by atoms with Crippen LogP contribution < -0.4 is 28.4 Å². The van der Waals surface area contributed by atoms with Crippen molar-refractivity contribution in [1.29, 1.82) is 0 Å². The summed E-state index contributed by atoms with van der Waals surface area (Å²) in [4.78, 5) is 39.2. The van der Waals surface area contributed by atoms with Crippen LogP contribution in [0.5, 0.6) is 34.5 Å². The first-order valence-corrected chi connectivity index (χ1v) is 18.4. The van der Waals surface area contributed by atoms with Crippen molar-refractivity contribution in [1.82, 2.24) is 0 Å². The van der Waals surface area contributed by atoms with E-state index < -0.39 is 23.5 Å². The van der Waals surface area contributed by atoms with Crippen LogP contribution in [0, 0.1) is 22.7 Å². The van der Waals surface area contributed by atoms with E-state index in [1.807, 2.05) is 13.0 Å². The van der Waals surface area contributed by atoms with Crippen molar-refractivity contribution in [2.45, 2.75) is 52.1 Å². The summed E-state index contributed by atoms with van der Waals surface area (Å²) < 4.78 is 50.0. The van der Waals surface area contributed by atoms with Crippen molar-refractivity contribution in [3.05, 3.63) is 83.7 Å². The third kappa shape index (κ3) is 8.59. The van der Waals surface area contributed by atoms with Crippen molar-refractivity contribution in [2.24, 2.45) is 22.7 Å². The minimum Gasteiger partial charge on any atom is -0.493 e. The van der Waals surface area contributed by atoms with E-state index in [1.165, 1.54) is 61.1 Å². The molecule has 56 heavy (non-hydrogen) atoms. The van der Waals surface area contributed by atoms with Gasteiger partial charge in [0, 0.05) is 17.6 Å². The van der Waals surface area contributed by atoms with E-state index in [9.17, 15) is 14.4 Å². The number of esters is 3. The molecule has 300 valence electrons. The normalized spacial score (nSPS) is 25.1. The van der Waals surface area contributed by atoms with E-state index in [4.69, 9.17) is 42.6 Å². The largest absolute Gasteiger partial charge is 0.493 e. The Morgan fingerprint density at radius 3 is 1.82 bits per heavy atom. The maximum Gasteiger partial charge on any atom is 0.342 e. The Bertz CT molecular complexity index is 1890. The highest BCUT2D eigenvalue weighted by atomic mass is 16.6. The zero-order chi connectivity index (χ0) is 40.6. The van der Waals surface area contributed by atoms with Gasteiger partial charge < -0.3 is 42.6 Å². The second kappa shape index (κ2) is 17.9. The monoisotopic (exact) mass is 772 g/mol. The minimum atomic E-state index is -0.780. The molecule has 2 saturated carbocycles. The Morgan fingerprint density at radius 2 is 1.34 bits per heavy atom. The molecule has 3 aliphatic rings. The lowest BCUT2D eigenvalue weighted by Crippen LogP contribution is -2.58. The molecule has 2 aromatic rings. The Kier molecular flexibility index (Phi) is 13.2. The SMILES string of the molecule is C=C1CC[C@@H]2[C@](C)(COC(=O)/C=C/c3cc(OC)c(OC)c(OC)c3)[C@H](OC(=O)/C=C/c3cc(OC)c(OC)c(OC)c3)CC[C@@]2(C)[C@@H]1C/C=C1\C=COC1=O. The second-order valence-electron chi connectivity index (χ2n) is 14.6. The van der Waals surface area contributed by atoms with Gasteiger partial charge in [0.25, 0.3) is 0 Å². The fourth-order valence-electron chi connectivity index (χ4n) is 8.67. The molecule has 1 heterocycles. The summed E-state index contributed by atoms with van der Waals surface area (Å²) in [5.41, 5.74) is 1.82. The van der Waals surface area contributed by atoms with Gasteiger partial charge in [0.05, 0.1) is 54.5 Å². The number of rotatable bonds is 15. The molecule has 5 atom stereocenters. The van der Waals surface area contributed by atoms with Crippen LogP contribution in [0.25, 0.3) is 12.2 Å². The number of methoxy groups -OCH3 is 6. The smallest absolute Gasteiger partial charge is 0.342 e. The molecular weight excluding hydrogens is 720 g/mol. The van der Waals surface area contributed by atoms with Gasteiger partial charge in [-0.1, -0.05) is 32.1 Å². The van der Waals surface area contributed by atoms with Crippen LogP contribution in [0.15, 0.2) is 72.6 Å². The van der Waals surface area contributed by atoms with E-state index in [0.29, 0.717) is 64.0 Å². The van der Waals surface area contributed by atoms with Crippen molar-refractivity contribution in [3.8, 4) is 34.5 Å². The highest BCUT2D eigenvalue weighted by molar-refractivity contribution is 5.94. The highest BCUT2D eigenvalue weighted by Gasteiger charge is 2.59. The van der Waals surface area contributed by atoms with Crippen LogP contribution in [0.2, 0.25) is 0 Å². The van der Waals surface area contributed by atoms with Gasteiger partial charge in [-0.3, -0.25) is 0 Å². The molecular formula is C44H52O12. The molecule has 0 amide bonds. The summed E-state index contributed by atoms with van der Waals surface area (Å²) in [5.74, 6) is 1.18. The summed E-state index contributed by atoms with van der Waals surface area (Å²) in [5, 5.41) is 0. The molecule has 0 unspecified atom stereocenters. The third-order valence-corrected chi connectivity index (χ3v) is 11.5. The van der Waals surface area contributed by atoms with E-state index in [0.717, 1.165) is 24.8 Å². The zero-order valence-corrected chi connectivity index (χ0v) is 33.4. The van der Waals surface area contributed by atoms with Crippen LogP contribution in [0.4, 0.5) is 0 Å². The summed E-state index contributed by atoms with van der Waals surface area (Å²) in [7, 11) is 9.12. The van der Waals surface area contributed by atoms with Gasteiger partial charge in [-0.25, -0.2) is 14.4 Å². The molecule has 2 aromatic carbocycles. The number of ether oxygens (including phenoxy) is 9. The van der Waals surface area contributed by atoms with Crippen LogP contribution in [0.1, 0.15) is 57.1 Å². The summed E-state index contributed by atoms with van der Waals surface area (Å²) in [6, 6.07) is 6.92. The number of cyclic esters (lactones) is 1. The van der Waals surface area contributed by atoms with Crippen LogP contribution in [-0.4, -0.2) is 73.3 Å². The summed E-state index contributed by atoms with van der Waals surface area (Å²) in [6.07, 6.45) is 13.7. The number of benzene rings is 2. The van der Waals surface area contributed by atoms with E-state index in [2.05, 4.69) is 13.5 Å². The number of allylic oxidation sites excluding steroid dienone is 2. The lowest BCUT2D eigenvalue weighted by Gasteiger charge is -2.60. The maximum atomic E-state index is 13.6. The quantitative estimate of drug-likeness (QED) is 0.0760. The van der Waals surface area contributed by atoms with Gasteiger partial charge >= 0.3 is 17.9 Å². The van der Waals surface area contributed by atoms with Gasteiger partial charge in [-0.2, -0.15) is 0 Å². The van der Waals surface area contributed by atoms with Gasteiger partial charge in [-0.15, -0.1) is 0 Å². The van der Waals surface area contributed by atoms with Crippen LogP contribution in [0.3, 0.4) is 0 Å². The van der Waals surface area contributed by atoms with E-state index in [-0.39, 0.29) is 29.8 Å². The molecule has 2 fully saturated rings. The second-order valence-corrected chi connectivity index (χ2v) is 14.6. The number of hydrogen-bond donors (Lipinski definition) is 0. The molecule has 1 aliphatic heterocycles. The van der Waals surface area contributed by atoms with Gasteiger partial charge in [0.15, 0.2) is 23.0 Å². The lowest BCUT2D eigenvalue weighted by molar-refractivity contribution is -0.188. The lowest BCUT2D eigenvalue weighted by atomic mass is 9.46. The Labute approximate surface area is 328 Å². The Hall–Kier alpha value is -5.65. The fourth-order valence-corrected chi connectivity index (χ4v) is 8.67. The molecule has 0 radical (unpaired) electrons. The number of fused-ring (bicyclic) bond motifs is 1. The highest BCUT2D eigenvalue weighted by Crippen LogP contribution is 2.62. The van der Waals surface area contributed by atoms with Crippen LogP contribution in [-0.2, 0) is 28.6 Å². The predicted molar refractivity (Wildman–Crippen MR) is 210 cm³/mol. The number of carbonyl (C=O) groups is 3. The first-order chi connectivity index (χ1) is 26.8. The van der Waals surface area contributed by atoms with Gasteiger partial charge in [0.1, 0.15) is 12.7 Å². The number of carbonyl (C=O) groups excluding carboxylic acids is 3. The Morgan fingerprint density at radius 1 is 0.804 bits per heavy atom. The van der Waals surface area contributed by atoms with Crippen molar-refractivity contribution >= 4 is 30.1 Å². The summed E-state index contributed by atoms with van der Waals surface area (Å²) in [6.45, 7) is 8.73. The van der Waals surface area contributed by atoms with Crippen LogP contribution >= 0.6 is 0 Å². The minimum absolute atomic E-state index is 0.00439. The fraction of sp³-hybridized carbons (Fsp3) is 0.432. The van der Waals surface area contributed by atoms with Gasteiger partial charge in [-0.05, 0) is 103 Å². The molecule has 0 bridgehead atoms. The van der Waals surface area contributed by atoms with E-state index in [1.54, 1.807) is 42.5 Å². The van der Waals surface area contributed by atoms with Crippen molar-refractivity contribution in [3.63, 3.8) is 0 Å². The topological polar surface area (TPSA) is 134 Å². The maximum absolute atomic E-state index is 13.6. The molecule has 0 spiro atoms. The van der Waals surface area contributed by atoms with Gasteiger partial charge in [0.2, 0.25) is 11.5 Å². The molecule has 0 aromatic heterocycles. The Balaban J connectivity index is 1.41. The molecule has 0 saturated heterocycles. The summed E-state index contributed by atoms with van der Waals surface area (Å²) >= 11 is 0. The molecule has 12 nitrogen and oxygen atoms in total. The first kappa shape index (κ1) is 41.5. The molecule has 0 N–H and O–H groups in total. The van der Waals surface area contributed by atoms with Crippen molar-refractivity contribution < 1.29 is 57.0 Å². The molecule has 5 rings (SSSR count). The molecule has 2 aliphatic carbocycles. The van der Waals surface area contributed by atoms with Crippen molar-refractivity contribution in [2.75, 3.05) is 49.3 Å².